The van der Waals surface area contributed by atoms with E-state index < -0.39 is 8.32 Å². The van der Waals surface area contributed by atoms with Crippen molar-refractivity contribution >= 4 is 8.32 Å². The molecule has 0 radical (unpaired) electrons. The van der Waals surface area contributed by atoms with E-state index >= 15 is 0 Å². The van der Waals surface area contributed by atoms with Gasteiger partial charge >= 0.3 is 0 Å². The zero-order valence-electron chi connectivity index (χ0n) is 28.0. The molecule has 4 aliphatic carbocycles. The Labute approximate surface area is 245 Å². The summed E-state index contributed by atoms with van der Waals surface area (Å²) in [5.74, 6) is 5.10. The smallest absolute Gasteiger partial charge is 0.200 e. The summed E-state index contributed by atoms with van der Waals surface area (Å²) >= 11 is 0. The highest BCUT2D eigenvalue weighted by atomic mass is 28.4. The van der Waals surface area contributed by atoms with Crippen molar-refractivity contribution in [3.05, 3.63) is 23.8 Å². The van der Waals surface area contributed by atoms with E-state index in [4.69, 9.17) is 4.43 Å². The minimum atomic E-state index is -1.83. The average Bonchev–Trinajstić information content (AvgIpc) is 3.24. The maximum atomic E-state index is 7.37. The van der Waals surface area contributed by atoms with Crippen molar-refractivity contribution in [3.8, 4) is 0 Å². The third-order valence-corrected chi connectivity index (χ3v) is 19.7. The first-order valence-electron chi connectivity index (χ1n) is 17.4. The van der Waals surface area contributed by atoms with Crippen molar-refractivity contribution in [1.29, 1.82) is 0 Å². The molecule has 0 aromatic rings. The second-order valence-electron chi connectivity index (χ2n) is 16.1. The van der Waals surface area contributed by atoms with E-state index in [1.54, 1.807) is 5.57 Å². The number of hydrogen-bond acceptors (Lipinski definition) is 1. The minimum Gasteiger partial charge on any atom is -0.413 e. The summed E-state index contributed by atoms with van der Waals surface area (Å²) in [5, 5.41) is 0. The first-order valence-corrected chi connectivity index (χ1v) is 19.5. The molecule has 3 fully saturated rings. The van der Waals surface area contributed by atoms with Gasteiger partial charge in [-0.2, -0.15) is 0 Å². The summed E-state index contributed by atoms with van der Waals surface area (Å²) in [4.78, 5) is 0. The fraction of sp³-hybridized carbons (Fsp3) is 0.892. The van der Waals surface area contributed by atoms with E-state index in [9.17, 15) is 0 Å². The van der Waals surface area contributed by atoms with Crippen LogP contribution in [0.15, 0.2) is 23.8 Å². The summed E-state index contributed by atoms with van der Waals surface area (Å²) in [6, 6.07) is 0. The van der Waals surface area contributed by atoms with Crippen molar-refractivity contribution in [2.45, 2.75) is 163 Å². The van der Waals surface area contributed by atoms with E-state index in [0.29, 0.717) is 33.6 Å². The molecule has 3 saturated carbocycles. The van der Waals surface area contributed by atoms with Gasteiger partial charge in [0.05, 0.1) is 0 Å². The molecule has 4 aliphatic rings. The van der Waals surface area contributed by atoms with Gasteiger partial charge in [-0.15, -0.1) is 0 Å². The zero-order valence-corrected chi connectivity index (χ0v) is 29.0. The Morgan fingerprint density at radius 1 is 0.846 bits per heavy atom. The Morgan fingerprint density at radius 2 is 1.49 bits per heavy atom. The molecule has 0 saturated heterocycles. The normalized spacial score (nSPS) is 37.9. The maximum Gasteiger partial charge on any atom is 0.200 e. The molecular weight excluding hydrogens is 488 g/mol. The van der Waals surface area contributed by atoms with Crippen molar-refractivity contribution in [2.24, 2.45) is 46.3 Å². The Morgan fingerprint density at radius 3 is 2.08 bits per heavy atom. The molecule has 0 amide bonds. The molecule has 2 heteroatoms. The van der Waals surface area contributed by atoms with Crippen LogP contribution in [0.2, 0.25) is 16.6 Å². The standard InChI is InChI=1S/C37H66OSi/c1-12-29(13-2)15-14-28(9)33-18-19-34-32-17-16-30-24-31(38-39(25(3)4,26(5)6)27(7)8)20-22-36(30,10)35(32)21-23-37(33,34)11/h14-16,25-29,31-35H,12-13,17-24H2,1-11H3/b15-14+/t28-,31+,32+,33-,34+,35+,36+,37-/m1/s1. The highest BCUT2D eigenvalue weighted by Crippen LogP contribution is 2.67. The quantitative estimate of drug-likeness (QED) is 0.193. The van der Waals surface area contributed by atoms with Gasteiger partial charge in [-0.1, -0.05) is 100.0 Å². The molecular formula is C37H66OSi. The molecule has 0 heterocycles. The predicted octanol–water partition coefficient (Wildman–Crippen LogP) is 11.8. The third-order valence-electron chi connectivity index (χ3n) is 13.6. The van der Waals surface area contributed by atoms with E-state index in [1.807, 2.05) is 0 Å². The molecule has 4 rings (SSSR count). The molecule has 1 nitrogen and oxygen atoms in total. The minimum absolute atomic E-state index is 0.418. The SMILES string of the molecule is CCC(/C=C/[C@@H](C)[C@H]1CC[C@H]2[C@@H]3CC=C4C[C@@H](O[Si](C(C)C)(C(C)C)C(C)C)CC[C@]4(C)[C@H]3CC[C@]12C)CC. The Hall–Kier alpha value is -0.343. The van der Waals surface area contributed by atoms with Crippen molar-refractivity contribution in [1.82, 2.24) is 0 Å². The van der Waals surface area contributed by atoms with Crippen LogP contribution < -0.4 is 0 Å². The summed E-state index contributed by atoms with van der Waals surface area (Å²) in [6.07, 6.45) is 22.0. The van der Waals surface area contributed by atoms with Crippen LogP contribution in [0.25, 0.3) is 0 Å². The van der Waals surface area contributed by atoms with Crippen molar-refractivity contribution in [3.63, 3.8) is 0 Å². The van der Waals surface area contributed by atoms with Crippen LogP contribution in [0.1, 0.15) is 140 Å². The van der Waals surface area contributed by atoms with Gasteiger partial charge < -0.3 is 4.43 Å². The maximum absolute atomic E-state index is 7.37. The molecule has 224 valence electrons. The lowest BCUT2D eigenvalue weighted by Crippen LogP contribution is -2.53. The van der Waals surface area contributed by atoms with Crippen LogP contribution in [0, 0.1) is 46.3 Å². The Balaban J connectivity index is 1.50. The highest BCUT2D eigenvalue weighted by Gasteiger charge is 2.59. The number of hydrogen-bond donors (Lipinski definition) is 0. The molecule has 0 N–H and O–H groups in total. The Kier molecular flexibility index (Phi) is 9.80. The molecule has 0 bridgehead atoms. The number of rotatable bonds is 10. The van der Waals surface area contributed by atoms with Gasteiger partial charge in [0.1, 0.15) is 0 Å². The first-order chi connectivity index (χ1) is 18.3. The highest BCUT2D eigenvalue weighted by molar-refractivity contribution is 6.77. The van der Waals surface area contributed by atoms with Crippen LogP contribution in [0.3, 0.4) is 0 Å². The van der Waals surface area contributed by atoms with Gasteiger partial charge in [0, 0.05) is 6.10 Å². The van der Waals surface area contributed by atoms with E-state index in [0.717, 1.165) is 35.5 Å². The molecule has 0 aliphatic heterocycles. The van der Waals surface area contributed by atoms with Gasteiger partial charge in [-0.25, -0.2) is 0 Å². The monoisotopic (exact) mass is 554 g/mol. The Bertz CT molecular complexity index is 858. The van der Waals surface area contributed by atoms with Gasteiger partial charge in [0.15, 0.2) is 0 Å². The van der Waals surface area contributed by atoms with Gasteiger partial charge in [-0.3, -0.25) is 0 Å². The summed E-state index contributed by atoms with van der Waals surface area (Å²) < 4.78 is 7.37. The fourth-order valence-electron chi connectivity index (χ4n) is 11.4. The van der Waals surface area contributed by atoms with Crippen molar-refractivity contribution < 1.29 is 4.43 Å². The summed E-state index contributed by atoms with van der Waals surface area (Å²) in [7, 11) is -1.83. The van der Waals surface area contributed by atoms with Crippen molar-refractivity contribution in [2.75, 3.05) is 0 Å². The van der Waals surface area contributed by atoms with Gasteiger partial charge in [0.2, 0.25) is 8.32 Å². The van der Waals surface area contributed by atoms with E-state index in [1.165, 1.54) is 64.2 Å². The fourth-order valence-corrected chi connectivity index (χ4v) is 17.0. The lowest BCUT2D eigenvalue weighted by molar-refractivity contribution is -0.0534. The molecule has 8 atom stereocenters. The third kappa shape index (κ3) is 5.46. The van der Waals surface area contributed by atoms with Gasteiger partial charge in [0.25, 0.3) is 0 Å². The average molecular weight is 555 g/mol. The van der Waals surface area contributed by atoms with Crippen LogP contribution in [0.5, 0.6) is 0 Å². The topological polar surface area (TPSA) is 9.23 Å². The van der Waals surface area contributed by atoms with Crippen LogP contribution in [0.4, 0.5) is 0 Å². The zero-order chi connectivity index (χ0) is 28.8. The summed E-state index contributed by atoms with van der Waals surface area (Å²) in [5.41, 5.74) is 4.77. The predicted molar refractivity (Wildman–Crippen MR) is 173 cm³/mol. The molecule has 0 aromatic carbocycles. The van der Waals surface area contributed by atoms with E-state index in [2.05, 4.69) is 94.4 Å². The molecule has 0 aromatic heterocycles. The largest absolute Gasteiger partial charge is 0.413 e. The van der Waals surface area contributed by atoms with Crippen LogP contribution in [-0.4, -0.2) is 14.4 Å². The van der Waals surface area contributed by atoms with Gasteiger partial charge in [-0.05, 0) is 127 Å². The molecule has 39 heavy (non-hydrogen) atoms. The van der Waals surface area contributed by atoms with Crippen LogP contribution in [-0.2, 0) is 4.43 Å². The lowest BCUT2D eigenvalue weighted by atomic mass is 9.47. The summed E-state index contributed by atoms with van der Waals surface area (Å²) in [6.45, 7) is 27.3. The second-order valence-corrected chi connectivity index (χ2v) is 21.5. The van der Waals surface area contributed by atoms with Crippen LogP contribution >= 0.6 is 0 Å². The molecule has 0 spiro atoms. The van der Waals surface area contributed by atoms with E-state index in [-0.39, 0.29) is 0 Å². The lowest BCUT2D eigenvalue weighted by Gasteiger charge is -2.59. The molecule has 0 unspecified atom stereocenters. The number of fused-ring (bicyclic) bond motifs is 5. The first kappa shape index (κ1) is 31.6. The number of allylic oxidation sites excluding steroid dienone is 3. The second kappa shape index (κ2) is 12.1.